The fourth-order valence-electron chi connectivity index (χ4n) is 6.07. The van der Waals surface area contributed by atoms with Gasteiger partial charge in [-0.15, -0.1) is 0 Å². The first-order valence-electron chi connectivity index (χ1n) is 14.6. The van der Waals surface area contributed by atoms with E-state index in [9.17, 15) is 0 Å². The quantitative estimate of drug-likeness (QED) is 0.415. The van der Waals surface area contributed by atoms with Gasteiger partial charge in [0.05, 0.1) is 30.2 Å². The Kier molecular flexibility index (Phi) is 7.06. The van der Waals surface area contributed by atoms with Gasteiger partial charge in [-0.25, -0.2) is 15.0 Å². The Hall–Kier alpha value is -3.95. The van der Waals surface area contributed by atoms with Crippen LogP contribution in [0.1, 0.15) is 49.2 Å². The maximum Gasteiger partial charge on any atom is 0.213 e. The van der Waals surface area contributed by atoms with Crippen LogP contribution in [0.25, 0.3) is 16.6 Å². The Morgan fingerprint density at radius 3 is 2.83 bits per heavy atom. The third-order valence-electron chi connectivity index (χ3n) is 8.59. The summed E-state index contributed by atoms with van der Waals surface area (Å²) in [5, 5.41) is 9.45. The molecule has 0 spiro atoms. The Morgan fingerprint density at radius 2 is 2.02 bits per heavy atom. The number of ether oxygens (including phenoxy) is 2. The van der Waals surface area contributed by atoms with Crippen molar-refractivity contribution in [3.63, 3.8) is 0 Å². The predicted octanol–water partition coefficient (Wildman–Crippen LogP) is 4.64. The second kappa shape index (κ2) is 11.1. The molecule has 7 rings (SSSR count). The Bertz CT molecular complexity index is 1530. The van der Waals surface area contributed by atoms with Crippen LogP contribution < -0.4 is 10.1 Å². The first-order valence-corrected chi connectivity index (χ1v) is 14.6. The molecule has 4 aliphatic heterocycles. The van der Waals surface area contributed by atoms with E-state index < -0.39 is 0 Å². The monoisotopic (exact) mass is 551 g/mol. The van der Waals surface area contributed by atoms with Crippen LogP contribution in [0.5, 0.6) is 5.88 Å². The minimum atomic E-state index is 0.0232. The largest absolute Gasteiger partial charge is 0.473 e. The molecule has 0 bridgehead atoms. The maximum atomic E-state index is 6.12. The van der Waals surface area contributed by atoms with Crippen molar-refractivity contribution in [2.45, 2.75) is 57.5 Å². The van der Waals surface area contributed by atoms with Crippen LogP contribution in [0.2, 0.25) is 0 Å². The van der Waals surface area contributed by atoms with Gasteiger partial charge in [0, 0.05) is 36.1 Å². The Morgan fingerprint density at radius 1 is 1.15 bits per heavy atom. The van der Waals surface area contributed by atoms with E-state index in [2.05, 4.69) is 69.8 Å². The number of hydrazone groups is 1. The average molecular weight is 552 g/mol. The van der Waals surface area contributed by atoms with E-state index in [-0.39, 0.29) is 12.3 Å². The molecule has 6 heterocycles. The molecule has 4 aliphatic rings. The van der Waals surface area contributed by atoms with E-state index in [1.165, 1.54) is 5.52 Å². The highest BCUT2D eigenvalue weighted by Crippen LogP contribution is 2.30. The van der Waals surface area contributed by atoms with E-state index in [0.717, 1.165) is 85.8 Å². The summed E-state index contributed by atoms with van der Waals surface area (Å²) < 4.78 is 14.3. The van der Waals surface area contributed by atoms with Crippen LogP contribution in [-0.4, -0.2) is 69.4 Å². The van der Waals surface area contributed by atoms with Crippen molar-refractivity contribution in [1.82, 2.24) is 29.8 Å². The Labute approximate surface area is 240 Å². The number of benzene rings is 1. The molecule has 1 aromatic carbocycles. The minimum absolute atomic E-state index is 0.0232. The summed E-state index contributed by atoms with van der Waals surface area (Å²) in [7, 11) is 0. The molecule has 0 amide bonds. The van der Waals surface area contributed by atoms with Gasteiger partial charge in [-0.2, -0.15) is 5.10 Å². The van der Waals surface area contributed by atoms with E-state index in [4.69, 9.17) is 19.4 Å². The summed E-state index contributed by atoms with van der Waals surface area (Å²) in [6, 6.07) is 12.6. The van der Waals surface area contributed by atoms with Gasteiger partial charge in [-0.3, -0.25) is 4.90 Å². The normalized spacial score (nSPS) is 22.4. The Balaban J connectivity index is 0.994. The van der Waals surface area contributed by atoms with Gasteiger partial charge in [0.25, 0.3) is 0 Å². The molecule has 2 unspecified atom stereocenters. The van der Waals surface area contributed by atoms with Crippen molar-refractivity contribution in [3.05, 3.63) is 84.0 Å². The van der Waals surface area contributed by atoms with Gasteiger partial charge < -0.3 is 19.4 Å². The number of imidazole rings is 1. The van der Waals surface area contributed by atoms with Crippen LogP contribution in [-0.2, 0) is 17.8 Å². The fraction of sp³-hybridized carbons (Fsp3) is 0.406. The molecule has 3 aromatic rings. The number of nitrogens with one attached hydrogen (secondary N) is 1. The molecule has 9 nitrogen and oxygen atoms in total. The molecule has 41 heavy (non-hydrogen) atoms. The third-order valence-corrected chi connectivity index (χ3v) is 8.59. The first-order chi connectivity index (χ1) is 20.1. The number of allylic oxidation sites excluding steroid dienone is 3. The number of fused-ring (bicyclic) bond motifs is 2. The van der Waals surface area contributed by atoms with Gasteiger partial charge in [-0.1, -0.05) is 30.4 Å². The van der Waals surface area contributed by atoms with E-state index >= 15 is 0 Å². The summed E-state index contributed by atoms with van der Waals surface area (Å²) in [6.07, 6.45) is 11.3. The average Bonchev–Trinajstić information content (AvgIpc) is 3.59. The summed E-state index contributed by atoms with van der Waals surface area (Å²) in [4.78, 5) is 12.5. The number of likely N-dealkylation sites (tertiary alicyclic amines) is 1. The lowest BCUT2D eigenvalue weighted by molar-refractivity contribution is -0.0592. The molecule has 2 aromatic heterocycles. The number of nitrogens with zero attached hydrogens (tertiary/aromatic N) is 6. The van der Waals surface area contributed by atoms with Crippen molar-refractivity contribution in [2.75, 3.05) is 26.3 Å². The van der Waals surface area contributed by atoms with E-state index in [0.29, 0.717) is 18.4 Å². The van der Waals surface area contributed by atoms with Crippen LogP contribution >= 0.6 is 0 Å². The summed E-state index contributed by atoms with van der Waals surface area (Å²) >= 11 is 0. The number of piperidine rings is 1. The second-order valence-electron chi connectivity index (χ2n) is 11.4. The lowest BCUT2D eigenvalue weighted by Gasteiger charge is -2.32. The summed E-state index contributed by atoms with van der Waals surface area (Å²) in [5.41, 5.74) is 6.70. The van der Waals surface area contributed by atoms with Crippen molar-refractivity contribution in [3.8, 4) is 5.88 Å². The van der Waals surface area contributed by atoms with Gasteiger partial charge in [0.1, 0.15) is 24.9 Å². The molecule has 2 atom stereocenters. The third kappa shape index (κ3) is 5.39. The van der Waals surface area contributed by atoms with Crippen molar-refractivity contribution in [2.24, 2.45) is 5.10 Å². The predicted molar refractivity (Wildman–Crippen MR) is 160 cm³/mol. The topological polar surface area (TPSA) is 80.0 Å². The number of pyridine rings is 1. The lowest BCUT2D eigenvalue weighted by atomic mass is 9.93. The summed E-state index contributed by atoms with van der Waals surface area (Å²) in [5.74, 6) is 2.22. The lowest BCUT2D eigenvalue weighted by Crippen LogP contribution is -2.38. The number of hydrogen-bond acceptors (Lipinski definition) is 8. The molecule has 0 radical (unpaired) electrons. The zero-order valence-electron chi connectivity index (χ0n) is 23.6. The molecule has 1 N–H and O–H groups in total. The zero-order chi connectivity index (χ0) is 27.8. The van der Waals surface area contributed by atoms with E-state index in [1.807, 2.05) is 23.4 Å². The van der Waals surface area contributed by atoms with Gasteiger partial charge in [0.15, 0.2) is 0 Å². The number of aromatic nitrogens is 3. The van der Waals surface area contributed by atoms with Crippen LogP contribution in [0, 0.1) is 0 Å². The molecular formula is C32H37N7O2. The summed E-state index contributed by atoms with van der Waals surface area (Å²) in [6.45, 7) is 11.2. The van der Waals surface area contributed by atoms with Crippen LogP contribution in [0.4, 0.5) is 0 Å². The van der Waals surface area contributed by atoms with Crippen molar-refractivity contribution >= 4 is 22.9 Å². The van der Waals surface area contributed by atoms with Crippen molar-refractivity contribution in [1.29, 1.82) is 0 Å². The fourth-order valence-corrected chi connectivity index (χ4v) is 6.07. The molecule has 2 saturated heterocycles. The van der Waals surface area contributed by atoms with Gasteiger partial charge in [0.2, 0.25) is 5.88 Å². The first kappa shape index (κ1) is 26.0. The second-order valence-corrected chi connectivity index (χ2v) is 11.4. The van der Waals surface area contributed by atoms with Crippen LogP contribution in [0.15, 0.2) is 72.0 Å². The highest BCUT2D eigenvalue weighted by atomic mass is 16.5. The molecular weight excluding hydrogens is 514 g/mol. The standard InChI is InChI=1S/C32H37N7O2/c1-22(2)24-8-9-28-29(17-24)38(18-26-12-16-40-26)30(35-28)19-37-14-10-23(11-15-37)27-6-3-7-31(36-27)41-20-25-5-4-13-39-32(25)33-21-34-39/h3-9,13,17,21,23,26,32H,1,10-12,14-16,18-20H2,2H3,(H,33,34). The smallest absolute Gasteiger partial charge is 0.213 e. The molecule has 212 valence electrons. The SMILES string of the molecule is C=C(C)c1ccc2nc(CN3CCC(c4cccc(OCC5=CC=CN6N=CNC56)n4)CC3)n(CC3CCO3)c2c1. The highest BCUT2D eigenvalue weighted by molar-refractivity contribution is 5.81. The zero-order valence-corrected chi connectivity index (χ0v) is 23.6. The maximum absolute atomic E-state index is 6.12. The molecule has 0 saturated carbocycles. The highest BCUT2D eigenvalue weighted by Gasteiger charge is 2.27. The molecule has 0 aliphatic carbocycles. The minimum Gasteiger partial charge on any atom is -0.473 e. The van der Waals surface area contributed by atoms with Crippen LogP contribution in [0.3, 0.4) is 0 Å². The van der Waals surface area contributed by atoms with Gasteiger partial charge in [-0.05, 0) is 69.1 Å². The number of rotatable bonds is 9. The molecule has 9 heteroatoms. The van der Waals surface area contributed by atoms with Gasteiger partial charge >= 0.3 is 0 Å². The molecule has 2 fully saturated rings. The van der Waals surface area contributed by atoms with E-state index in [1.54, 1.807) is 6.34 Å². The van der Waals surface area contributed by atoms with Crippen molar-refractivity contribution < 1.29 is 9.47 Å². The number of hydrogen-bond donors (Lipinski definition) is 1.